The lowest BCUT2D eigenvalue weighted by Crippen LogP contribution is -2.55. The van der Waals surface area contributed by atoms with Gasteiger partial charge in [0.15, 0.2) is 0 Å². The zero-order valence-electron chi connectivity index (χ0n) is 16.1. The van der Waals surface area contributed by atoms with E-state index in [0.717, 1.165) is 23.9 Å². The Balaban J connectivity index is 1.79. The molecule has 11 heteroatoms. The van der Waals surface area contributed by atoms with Gasteiger partial charge in [-0.3, -0.25) is 9.78 Å². The number of hydrogen-bond donors (Lipinski definition) is 0. The van der Waals surface area contributed by atoms with Crippen LogP contribution in [0, 0.1) is 6.92 Å². The van der Waals surface area contributed by atoms with Crippen molar-refractivity contribution in [1.82, 2.24) is 14.2 Å². The van der Waals surface area contributed by atoms with Gasteiger partial charge in [-0.05, 0) is 60.1 Å². The Morgan fingerprint density at radius 3 is 2.43 bits per heavy atom. The number of pyridine rings is 1. The minimum atomic E-state index is -4.57. The third-order valence-corrected chi connectivity index (χ3v) is 7.73. The van der Waals surface area contributed by atoms with Crippen molar-refractivity contribution in [3.63, 3.8) is 0 Å². The van der Waals surface area contributed by atoms with Gasteiger partial charge >= 0.3 is 6.18 Å². The van der Waals surface area contributed by atoms with Crippen molar-refractivity contribution in [2.24, 2.45) is 0 Å². The molecule has 1 amide bonds. The summed E-state index contributed by atoms with van der Waals surface area (Å²) in [6, 6.07) is 5.41. The van der Waals surface area contributed by atoms with E-state index in [9.17, 15) is 26.4 Å². The van der Waals surface area contributed by atoms with Gasteiger partial charge in [-0.25, -0.2) is 8.42 Å². The molecule has 2 heterocycles. The second kappa shape index (κ2) is 8.27. The van der Waals surface area contributed by atoms with Crippen LogP contribution in [-0.2, 0) is 16.2 Å². The lowest BCUT2D eigenvalue weighted by molar-refractivity contribution is -0.137. The van der Waals surface area contributed by atoms with Crippen molar-refractivity contribution >= 4 is 31.9 Å². The molecule has 2 aromatic rings. The van der Waals surface area contributed by atoms with Crippen LogP contribution in [0.5, 0.6) is 0 Å². The summed E-state index contributed by atoms with van der Waals surface area (Å²) in [4.78, 5) is 18.2. The van der Waals surface area contributed by atoms with E-state index < -0.39 is 27.8 Å². The van der Waals surface area contributed by atoms with E-state index in [1.165, 1.54) is 10.5 Å². The number of aryl methyl sites for hydroxylation is 1. The van der Waals surface area contributed by atoms with Gasteiger partial charge in [0, 0.05) is 42.0 Å². The third kappa shape index (κ3) is 4.52. The Labute approximate surface area is 180 Å². The number of nitrogens with zero attached hydrogens (tertiary/aromatic N) is 3. The van der Waals surface area contributed by atoms with Crippen molar-refractivity contribution in [3.8, 4) is 0 Å². The lowest BCUT2D eigenvalue weighted by Gasteiger charge is -2.39. The maximum atomic E-state index is 13.0. The Kier molecular flexibility index (Phi) is 6.26. The van der Waals surface area contributed by atoms with Gasteiger partial charge in [0.05, 0.1) is 16.0 Å². The molecule has 3 rings (SSSR count). The van der Waals surface area contributed by atoms with Crippen LogP contribution in [0.3, 0.4) is 0 Å². The second-order valence-corrected chi connectivity index (χ2v) is 9.80. The first-order chi connectivity index (χ1) is 13.9. The Bertz CT molecular complexity index is 1060. The van der Waals surface area contributed by atoms with Crippen molar-refractivity contribution in [2.75, 3.05) is 19.6 Å². The number of benzene rings is 1. The summed E-state index contributed by atoms with van der Waals surface area (Å²) in [5, 5.41) is 0. The highest BCUT2D eigenvalue weighted by molar-refractivity contribution is 9.10. The first-order valence-electron chi connectivity index (χ1n) is 9.02. The molecule has 1 saturated heterocycles. The smallest absolute Gasteiger partial charge is 0.333 e. The fraction of sp³-hybridized carbons (Fsp3) is 0.368. The zero-order chi connectivity index (χ0) is 22.3. The number of piperazine rings is 1. The van der Waals surface area contributed by atoms with Gasteiger partial charge in [-0.15, -0.1) is 0 Å². The Hall–Kier alpha value is -1.98. The normalized spacial score (nSPS) is 18.5. The molecule has 1 aliphatic heterocycles. The lowest BCUT2D eigenvalue weighted by atomic mass is 10.1. The highest BCUT2D eigenvalue weighted by Gasteiger charge is 2.37. The molecule has 0 unspecified atom stereocenters. The molecule has 0 N–H and O–H groups in total. The van der Waals surface area contributed by atoms with Crippen LogP contribution in [0.1, 0.15) is 28.5 Å². The summed E-state index contributed by atoms with van der Waals surface area (Å²) in [6.07, 6.45) is -3.09. The summed E-state index contributed by atoms with van der Waals surface area (Å²) in [5.41, 5.74) is 0.246. The molecule has 1 atom stereocenters. The van der Waals surface area contributed by atoms with Crippen LogP contribution in [0.2, 0.25) is 0 Å². The molecule has 1 aromatic heterocycles. The van der Waals surface area contributed by atoms with Gasteiger partial charge in [0.2, 0.25) is 10.0 Å². The average Bonchev–Trinajstić information content (AvgIpc) is 2.67. The molecule has 0 aliphatic carbocycles. The van der Waals surface area contributed by atoms with E-state index in [1.54, 1.807) is 30.9 Å². The number of carbonyl (C=O) groups is 1. The quantitative estimate of drug-likeness (QED) is 0.637. The van der Waals surface area contributed by atoms with E-state index in [4.69, 9.17) is 0 Å². The molecule has 30 heavy (non-hydrogen) atoms. The van der Waals surface area contributed by atoms with E-state index in [0.29, 0.717) is 5.56 Å². The Morgan fingerprint density at radius 2 is 1.90 bits per heavy atom. The minimum absolute atomic E-state index is 0.0286. The maximum Gasteiger partial charge on any atom is 0.416 e. The highest BCUT2D eigenvalue weighted by atomic mass is 79.9. The molecule has 1 aromatic carbocycles. The molecule has 0 saturated carbocycles. The molecule has 162 valence electrons. The van der Waals surface area contributed by atoms with Crippen molar-refractivity contribution < 1.29 is 26.4 Å². The van der Waals surface area contributed by atoms with Crippen molar-refractivity contribution in [3.05, 3.63) is 57.8 Å². The fourth-order valence-electron chi connectivity index (χ4n) is 3.23. The third-order valence-electron chi connectivity index (χ3n) is 4.89. The van der Waals surface area contributed by atoms with Crippen LogP contribution < -0.4 is 0 Å². The molecule has 0 spiro atoms. The molecule has 1 fully saturated rings. The number of alkyl halides is 3. The van der Waals surface area contributed by atoms with Gasteiger partial charge in [-0.2, -0.15) is 17.5 Å². The molecular formula is C19H19BrF3N3O3S. The summed E-state index contributed by atoms with van der Waals surface area (Å²) in [7, 11) is -4.04. The number of sulfonamides is 1. The van der Waals surface area contributed by atoms with Gasteiger partial charge in [0.25, 0.3) is 5.91 Å². The standard InChI is InChI=1S/C19H19BrF3N3O3S/c1-12-3-4-14(10-24-12)18(27)26-8-7-25(11-13(26)2)30(28,29)17-6-5-15(9-16(17)20)19(21,22)23/h3-6,9-10,13H,7-8,11H2,1-2H3/t13-/m0/s1. The number of carbonyl (C=O) groups excluding carboxylic acids is 1. The molecule has 0 bridgehead atoms. The van der Waals surface area contributed by atoms with Crippen LogP contribution in [0.4, 0.5) is 13.2 Å². The van der Waals surface area contributed by atoms with E-state index in [1.807, 2.05) is 0 Å². The minimum Gasteiger partial charge on any atom is -0.333 e. The van der Waals surface area contributed by atoms with Gasteiger partial charge in [0.1, 0.15) is 0 Å². The van der Waals surface area contributed by atoms with Crippen LogP contribution in [0.25, 0.3) is 0 Å². The van der Waals surface area contributed by atoms with E-state index in [2.05, 4.69) is 20.9 Å². The SMILES string of the molecule is Cc1ccc(C(=O)N2CCN(S(=O)(=O)c3ccc(C(F)(F)F)cc3Br)C[C@@H]2C)cn1. The number of hydrogen-bond acceptors (Lipinski definition) is 4. The Morgan fingerprint density at radius 1 is 1.20 bits per heavy atom. The summed E-state index contributed by atoms with van der Waals surface area (Å²) >= 11 is 2.95. The molecular weight excluding hydrogens is 487 g/mol. The number of aromatic nitrogens is 1. The predicted molar refractivity (Wildman–Crippen MR) is 107 cm³/mol. The number of amides is 1. The van der Waals surface area contributed by atoms with Crippen LogP contribution in [0.15, 0.2) is 45.9 Å². The molecule has 0 radical (unpaired) electrons. The highest BCUT2D eigenvalue weighted by Crippen LogP contribution is 2.34. The summed E-state index contributed by atoms with van der Waals surface area (Å²) in [5.74, 6) is -0.247. The number of halogens is 4. The largest absolute Gasteiger partial charge is 0.416 e. The van der Waals surface area contributed by atoms with Crippen molar-refractivity contribution in [1.29, 1.82) is 0 Å². The van der Waals surface area contributed by atoms with E-state index in [-0.39, 0.29) is 34.9 Å². The second-order valence-electron chi connectivity index (χ2n) is 7.04. The average molecular weight is 506 g/mol. The van der Waals surface area contributed by atoms with E-state index >= 15 is 0 Å². The summed E-state index contributed by atoms with van der Waals surface area (Å²) in [6.45, 7) is 3.75. The fourth-order valence-corrected chi connectivity index (χ4v) is 5.78. The zero-order valence-corrected chi connectivity index (χ0v) is 18.6. The first kappa shape index (κ1) is 22.7. The predicted octanol–water partition coefficient (Wildman–Crippen LogP) is 3.71. The van der Waals surface area contributed by atoms with Gasteiger partial charge in [-0.1, -0.05) is 0 Å². The molecule has 6 nitrogen and oxygen atoms in total. The van der Waals surface area contributed by atoms with Gasteiger partial charge < -0.3 is 4.90 Å². The molecule has 1 aliphatic rings. The first-order valence-corrected chi connectivity index (χ1v) is 11.2. The van der Waals surface area contributed by atoms with Crippen molar-refractivity contribution in [2.45, 2.75) is 31.0 Å². The topological polar surface area (TPSA) is 70.6 Å². The monoisotopic (exact) mass is 505 g/mol. The maximum absolute atomic E-state index is 13.0. The van der Waals surface area contributed by atoms with Crippen LogP contribution >= 0.6 is 15.9 Å². The number of rotatable bonds is 3. The summed E-state index contributed by atoms with van der Waals surface area (Å²) < 4.78 is 65.6. The van der Waals surface area contributed by atoms with Crippen LogP contribution in [-0.4, -0.2) is 54.2 Å².